The second-order valence-electron chi connectivity index (χ2n) is 3.78. The maximum absolute atomic E-state index is 13.5. The molecule has 0 saturated heterocycles. The van der Waals surface area contributed by atoms with E-state index in [2.05, 4.69) is 9.97 Å². The van der Waals surface area contributed by atoms with Crippen molar-refractivity contribution in [2.75, 3.05) is 0 Å². The SMILES string of the molecule is Cc1[nH]c2nc3c(F)cccc3n2c1C(=O)O. The molecule has 2 heterocycles. The molecule has 0 aliphatic heterocycles. The molecule has 2 N–H and O–H groups in total. The summed E-state index contributed by atoms with van der Waals surface area (Å²) in [4.78, 5) is 18.0. The number of para-hydroxylation sites is 1. The van der Waals surface area contributed by atoms with Crippen LogP contribution in [-0.4, -0.2) is 25.4 Å². The van der Waals surface area contributed by atoms with Gasteiger partial charge in [-0.3, -0.25) is 4.40 Å². The molecule has 0 fully saturated rings. The van der Waals surface area contributed by atoms with Crippen LogP contribution in [0.1, 0.15) is 16.2 Å². The Morgan fingerprint density at radius 3 is 3.00 bits per heavy atom. The van der Waals surface area contributed by atoms with Crippen molar-refractivity contribution in [2.45, 2.75) is 6.92 Å². The summed E-state index contributed by atoms with van der Waals surface area (Å²) in [7, 11) is 0. The summed E-state index contributed by atoms with van der Waals surface area (Å²) in [6.45, 7) is 1.64. The van der Waals surface area contributed by atoms with E-state index in [0.29, 0.717) is 17.0 Å². The molecule has 0 unspecified atom stereocenters. The highest BCUT2D eigenvalue weighted by atomic mass is 19.1. The van der Waals surface area contributed by atoms with Crippen LogP contribution < -0.4 is 0 Å². The Hall–Kier alpha value is -2.37. The van der Waals surface area contributed by atoms with Gasteiger partial charge in [0.1, 0.15) is 5.52 Å². The van der Waals surface area contributed by atoms with E-state index in [1.54, 1.807) is 13.0 Å². The molecule has 86 valence electrons. The average molecular weight is 233 g/mol. The third kappa shape index (κ3) is 1.17. The number of carboxylic acid groups (broad SMARTS) is 1. The van der Waals surface area contributed by atoms with E-state index in [0.717, 1.165) is 0 Å². The molecule has 0 amide bonds. The van der Waals surface area contributed by atoms with E-state index >= 15 is 0 Å². The van der Waals surface area contributed by atoms with Crippen molar-refractivity contribution < 1.29 is 14.3 Å². The van der Waals surface area contributed by atoms with Gasteiger partial charge in [0.2, 0.25) is 5.78 Å². The maximum atomic E-state index is 13.5. The van der Waals surface area contributed by atoms with E-state index in [1.165, 1.54) is 16.5 Å². The quantitative estimate of drug-likeness (QED) is 0.675. The highest BCUT2D eigenvalue weighted by Gasteiger charge is 2.19. The van der Waals surface area contributed by atoms with Crippen molar-refractivity contribution in [3.63, 3.8) is 0 Å². The van der Waals surface area contributed by atoms with Crippen LogP contribution in [0.3, 0.4) is 0 Å². The van der Waals surface area contributed by atoms with Gasteiger partial charge in [-0.2, -0.15) is 0 Å². The molecule has 2 aromatic heterocycles. The minimum Gasteiger partial charge on any atom is -0.477 e. The number of H-pyrrole nitrogens is 1. The van der Waals surface area contributed by atoms with Gasteiger partial charge in [-0.25, -0.2) is 14.2 Å². The van der Waals surface area contributed by atoms with E-state index in [9.17, 15) is 9.18 Å². The average Bonchev–Trinajstić information content (AvgIpc) is 2.73. The summed E-state index contributed by atoms with van der Waals surface area (Å²) in [6.07, 6.45) is 0. The number of nitrogens with zero attached hydrogens (tertiary/aromatic N) is 2. The predicted molar refractivity (Wildman–Crippen MR) is 58.7 cm³/mol. The van der Waals surface area contributed by atoms with Gasteiger partial charge in [0.15, 0.2) is 11.5 Å². The number of aromatic amines is 1. The Labute approximate surface area is 94.5 Å². The lowest BCUT2D eigenvalue weighted by Gasteiger charge is -1.96. The predicted octanol–water partition coefficient (Wildman–Crippen LogP) is 1.96. The second kappa shape index (κ2) is 3.07. The summed E-state index contributed by atoms with van der Waals surface area (Å²) in [6, 6.07) is 4.46. The number of hydrogen-bond donors (Lipinski definition) is 2. The number of halogens is 1. The number of carbonyl (C=O) groups is 1. The van der Waals surface area contributed by atoms with Crippen molar-refractivity contribution in [1.29, 1.82) is 0 Å². The number of nitrogens with one attached hydrogen (secondary N) is 1. The number of aromatic nitrogens is 3. The lowest BCUT2D eigenvalue weighted by Crippen LogP contribution is -2.03. The summed E-state index contributed by atoms with van der Waals surface area (Å²) < 4.78 is 14.9. The zero-order chi connectivity index (χ0) is 12.2. The zero-order valence-electron chi connectivity index (χ0n) is 8.86. The molecule has 17 heavy (non-hydrogen) atoms. The third-order valence-corrected chi connectivity index (χ3v) is 2.72. The van der Waals surface area contributed by atoms with E-state index < -0.39 is 11.8 Å². The van der Waals surface area contributed by atoms with Crippen molar-refractivity contribution in [3.05, 3.63) is 35.4 Å². The van der Waals surface area contributed by atoms with Crippen molar-refractivity contribution >= 4 is 22.8 Å². The first-order valence-electron chi connectivity index (χ1n) is 4.98. The van der Waals surface area contributed by atoms with Gasteiger partial charge in [-0.05, 0) is 19.1 Å². The number of benzene rings is 1. The van der Waals surface area contributed by atoms with Crippen molar-refractivity contribution in [2.24, 2.45) is 0 Å². The molecule has 6 heteroatoms. The Bertz CT molecular complexity index is 757. The highest BCUT2D eigenvalue weighted by Crippen LogP contribution is 2.22. The number of fused-ring (bicyclic) bond motifs is 3. The lowest BCUT2D eigenvalue weighted by molar-refractivity contribution is 0.0689. The molecular formula is C11H8FN3O2. The number of hydrogen-bond acceptors (Lipinski definition) is 2. The zero-order valence-corrected chi connectivity index (χ0v) is 8.86. The van der Waals surface area contributed by atoms with E-state index in [4.69, 9.17) is 5.11 Å². The largest absolute Gasteiger partial charge is 0.477 e. The third-order valence-electron chi connectivity index (χ3n) is 2.72. The number of carboxylic acids is 1. The van der Waals surface area contributed by atoms with E-state index in [1.807, 2.05) is 0 Å². The molecule has 0 atom stereocenters. The topological polar surface area (TPSA) is 70.4 Å². The molecule has 0 radical (unpaired) electrons. The normalized spacial score (nSPS) is 11.4. The van der Waals surface area contributed by atoms with Crippen LogP contribution in [0.4, 0.5) is 4.39 Å². The molecular weight excluding hydrogens is 225 g/mol. The molecule has 0 aliphatic rings. The monoisotopic (exact) mass is 233 g/mol. The van der Waals surface area contributed by atoms with E-state index in [-0.39, 0.29) is 11.2 Å². The van der Waals surface area contributed by atoms with Gasteiger partial charge in [-0.15, -0.1) is 0 Å². The first-order chi connectivity index (χ1) is 8.09. The van der Waals surface area contributed by atoms with Gasteiger partial charge >= 0.3 is 5.97 Å². The Morgan fingerprint density at radius 2 is 2.29 bits per heavy atom. The molecule has 0 saturated carbocycles. The van der Waals surface area contributed by atoms with Crippen LogP contribution in [0.5, 0.6) is 0 Å². The lowest BCUT2D eigenvalue weighted by atomic mass is 10.3. The van der Waals surface area contributed by atoms with Crippen LogP contribution in [0, 0.1) is 12.7 Å². The van der Waals surface area contributed by atoms with Crippen LogP contribution >= 0.6 is 0 Å². The molecule has 3 aromatic rings. The van der Waals surface area contributed by atoms with Crippen molar-refractivity contribution in [3.8, 4) is 0 Å². The van der Waals surface area contributed by atoms with Gasteiger partial charge in [0.05, 0.1) is 5.52 Å². The number of aryl methyl sites for hydroxylation is 1. The van der Waals surface area contributed by atoms with Crippen LogP contribution in [-0.2, 0) is 0 Å². The Kier molecular flexibility index (Phi) is 1.77. The molecule has 5 nitrogen and oxygen atoms in total. The van der Waals surface area contributed by atoms with Gasteiger partial charge in [0.25, 0.3) is 0 Å². The summed E-state index contributed by atoms with van der Waals surface area (Å²) in [5.74, 6) is -1.20. The standard InChI is InChI=1S/C11H8FN3O2/c1-5-9(10(16)17)15-7-4-2-3-6(12)8(7)14-11(15)13-5/h2-4H,1H3,(H,13,14)(H,16,17). The first-order valence-corrected chi connectivity index (χ1v) is 4.98. The molecule has 0 spiro atoms. The minimum absolute atomic E-state index is 0.0769. The molecule has 0 bridgehead atoms. The second-order valence-corrected chi connectivity index (χ2v) is 3.78. The van der Waals surface area contributed by atoms with Gasteiger partial charge in [0, 0.05) is 5.69 Å². The van der Waals surface area contributed by atoms with Crippen molar-refractivity contribution in [1.82, 2.24) is 14.4 Å². The van der Waals surface area contributed by atoms with Crippen LogP contribution in [0.25, 0.3) is 16.8 Å². The fraction of sp³-hybridized carbons (Fsp3) is 0.0909. The summed E-state index contributed by atoms with van der Waals surface area (Å²) in [5.41, 5.74) is 1.18. The smallest absolute Gasteiger partial charge is 0.354 e. The minimum atomic E-state index is -1.07. The Balaban J connectivity index is 2.57. The number of imidazole rings is 2. The molecule has 3 rings (SSSR count). The van der Waals surface area contributed by atoms with Crippen LogP contribution in [0.2, 0.25) is 0 Å². The highest BCUT2D eigenvalue weighted by molar-refractivity contribution is 5.92. The number of rotatable bonds is 1. The molecule has 0 aliphatic carbocycles. The fourth-order valence-electron chi connectivity index (χ4n) is 2.03. The van der Waals surface area contributed by atoms with Gasteiger partial charge < -0.3 is 10.1 Å². The summed E-state index contributed by atoms with van der Waals surface area (Å²) >= 11 is 0. The maximum Gasteiger partial charge on any atom is 0.354 e. The number of aromatic carboxylic acids is 1. The van der Waals surface area contributed by atoms with Crippen LogP contribution in [0.15, 0.2) is 18.2 Å². The van der Waals surface area contributed by atoms with Gasteiger partial charge in [-0.1, -0.05) is 6.07 Å². The first kappa shape index (κ1) is 9.83. The Morgan fingerprint density at radius 1 is 1.53 bits per heavy atom. The summed E-state index contributed by atoms with van der Waals surface area (Å²) in [5, 5.41) is 9.14. The fourth-order valence-corrected chi connectivity index (χ4v) is 2.03. The molecule has 1 aromatic carbocycles.